The van der Waals surface area contributed by atoms with Crippen LogP contribution in [0.25, 0.3) is 0 Å². The second-order valence-electron chi connectivity index (χ2n) is 3.07. The second kappa shape index (κ2) is 9.12. The lowest BCUT2D eigenvalue weighted by molar-refractivity contribution is -0.138. The van der Waals surface area contributed by atoms with E-state index in [1.807, 2.05) is 0 Å². The van der Waals surface area contributed by atoms with Crippen molar-refractivity contribution in [2.75, 3.05) is 6.61 Å². The Balaban J connectivity index is 4.92. The largest absolute Gasteiger partial charge is 0.462 e. The Labute approximate surface area is 109 Å². The van der Waals surface area contributed by atoms with Crippen molar-refractivity contribution in [1.82, 2.24) is 0 Å². The average molecular weight is 258 g/mol. The van der Waals surface area contributed by atoms with Crippen LogP contribution < -0.4 is 0 Å². The molecule has 0 amide bonds. The lowest BCUT2D eigenvalue weighted by Crippen LogP contribution is -2.07. The third-order valence-corrected chi connectivity index (χ3v) is 1.83. The van der Waals surface area contributed by atoms with E-state index in [1.54, 1.807) is 19.1 Å². The van der Waals surface area contributed by atoms with Crippen LogP contribution in [-0.2, 0) is 19.1 Å². The number of carbonyl (C=O) groups is 2. The highest BCUT2D eigenvalue weighted by Crippen LogP contribution is 2.02. The van der Waals surface area contributed by atoms with Gasteiger partial charge in [0, 0.05) is 0 Å². The van der Waals surface area contributed by atoms with Crippen LogP contribution in [-0.4, -0.2) is 24.3 Å². The first-order valence-electron chi connectivity index (χ1n) is 5.20. The number of allylic oxidation sites excluding steroid dienone is 4. The molecule has 0 heterocycles. The molecule has 0 aromatic heterocycles. The molecule has 0 spiro atoms. The summed E-state index contributed by atoms with van der Waals surface area (Å²) in [4.78, 5) is 32.4. The SMILES string of the molecule is CCOC(=O)C(C#N)=CC=CC(C#N)C(=O)C=C=O. The summed E-state index contributed by atoms with van der Waals surface area (Å²) in [5, 5.41) is 17.4. The minimum absolute atomic E-state index is 0.130. The zero-order valence-electron chi connectivity index (χ0n) is 10.1. The summed E-state index contributed by atoms with van der Waals surface area (Å²) < 4.78 is 4.61. The fraction of sp³-hybridized carbons (Fsp3) is 0.231. The summed E-state index contributed by atoms with van der Waals surface area (Å²) in [5.74, 6) is -1.41. The van der Waals surface area contributed by atoms with E-state index >= 15 is 0 Å². The highest BCUT2D eigenvalue weighted by Gasteiger charge is 2.12. The number of rotatable bonds is 6. The Kier molecular flexibility index (Phi) is 7.70. The summed E-state index contributed by atoms with van der Waals surface area (Å²) in [5.41, 5.74) is -0.256. The molecule has 1 unspecified atom stereocenters. The van der Waals surface area contributed by atoms with E-state index in [0.29, 0.717) is 6.08 Å². The van der Waals surface area contributed by atoms with E-state index in [9.17, 15) is 14.4 Å². The predicted octanol–water partition coefficient (Wildman–Crippen LogP) is 0.652. The van der Waals surface area contributed by atoms with Crippen molar-refractivity contribution in [3.63, 3.8) is 0 Å². The van der Waals surface area contributed by atoms with Crippen molar-refractivity contribution in [1.29, 1.82) is 10.5 Å². The molecule has 0 radical (unpaired) electrons. The van der Waals surface area contributed by atoms with E-state index in [4.69, 9.17) is 10.5 Å². The molecule has 0 aromatic carbocycles. The number of hydrogen-bond donors (Lipinski definition) is 0. The van der Waals surface area contributed by atoms with Crippen molar-refractivity contribution in [3.8, 4) is 12.1 Å². The fourth-order valence-corrected chi connectivity index (χ4v) is 0.972. The van der Waals surface area contributed by atoms with Gasteiger partial charge in [-0.2, -0.15) is 10.5 Å². The number of ether oxygens (including phenoxy) is 1. The zero-order valence-corrected chi connectivity index (χ0v) is 10.1. The number of carbonyl (C=O) groups excluding carboxylic acids is 3. The first-order valence-corrected chi connectivity index (χ1v) is 5.20. The molecule has 6 heteroatoms. The van der Waals surface area contributed by atoms with Gasteiger partial charge in [0.05, 0.1) is 18.8 Å². The molecule has 0 aliphatic rings. The Hall–Kier alpha value is -2.95. The monoisotopic (exact) mass is 258 g/mol. The first-order chi connectivity index (χ1) is 9.10. The van der Waals surface area contributed by atoms with E-state index < -0.39 is 17.7 Å². The van der Waals surface area contributed by atoms with Gasteiger partial charge in [0.2, 0.25) is 0 Å². The molecule has 1 atom stereocenters. The molecule has 6 nitrogen and oxygen atoms in total. The van der Waals surface area contributed by atoms with E-state index in [-0.39, 0.29) is 12.2 Å². The van der Waals surface area contributed by atoms with Gasteiger partial charge in [-0.15, -0.1) is 0 Å². The molecule has 0 saturated carbocycles. The van der Waals surface area contributed by atoms with Crippen molar-refractivity contribution in [2.24, 2.45) is 5.92 Å². The van der Waals surface area contributed by atoms with Gasteiger partial charge in [-0.1, -0.05) is 12.2 Å². The Morgan fingerprint density at radius 1 is 1.37 bits per heavy atom. The topological polar surface area (TPSA) is 108 Å². The molecule has 96 valence electrons. The molecular weight excluding hydrogens is 248 g/mol. The predicted molar refractivity (Wildman–Crippen MR) is 63.8 cm³/mol. The summed E-state index contributed by atoms with van der Waals surface area (Å²) in [6, 6.07) is 3.29. The smallest absolute Gasteiger partial charge is 0.348 e. The van der Waals surface area contributed by atoms with Gasteiger partial charge in [-0.25, -0.2) is 9.59 Å². The fourth-order valence-electron chi connectivity index (χ4n) is 0.972. The number of nitriles is 2. The van der Waals surface area contributed by atoms with Crippen LogP contribution in [0.4, 0.5) is 0 Å². The third-order valence-electron chi connectivity index (χ3n) is 1.83. The van der Waals surface area contributed by atoms with Gasteiger partial charge < -0.3 is 4.74 Å². The molecule has 0 N–H and O–H groups in total. The molecular formula is C13H10N2O4. The summed E-state index contributed by atoms with van der Waals surface area (Å²) in [7, 11) is 0. The lowest BCUT2D eigenvalue weighted by atomic mass is 10.1. The molecule has 0 aliphatic heterocycles. The molecule has 0 saturated heterocycles. The highest BCUT2D eigenvalue weighted by atomic mass is 16.5. The number of hydrogen-bond acceptors (Lipinski definition) is 6. The van der Waals surface area contributed by atoms with Crippen LogP contribution in [0.5, 0.6) is 0 Å². The van der Waals surface area contributed by atoms with Crippen LogP contribution in [0, 0.1) is 28.6 Å². The minimum Gasteiger partial charge on any atom is -0.462 e. The lowest BCUT2D eigenvalue weighted by Gasteiger charge is -1.98. The summed E-state index contributed by atoms with van der Waals surface area (Å²) in [6.07, 6.45) is 4.10. The molecule has 0 bridgehead atoms. The summed E-state index contributed by atoms with van der Waals surface area (Å²) >= 11 is 0. The van der Waals surface area contributed by atoms with E-state index in [0.717, 1.165) is 12.2 Å². The van der Waals surface area contributed by atoms with Crippen LogP contribution in [0.1, 0.15) is 6.92 Å². The Morgan fingerprint density at radius 2 is 2.05 bits per heavy atom. The van der Waals surface area contributed by atoms with Crippen LogP contribution in [0.2, 0.25) is 0 Å². The molecule has 0 fully saturated rings. The van der Waals surface area contributed by atoms with Crippen LogP contribution >= 0.6 is 0 Å². The molecule has 0 aliphatic carbocycles. The van der Waals surface area contributed by atoms with Crippen molar-refractivity contribution in [3.05, 3.63) is 29.9 Å². The molecule has 0 rings (SSSR count). The molecule has 0 aromatic rings. The van der Waals surface area contributed by atoms with Crippen molar-refractivity contribution >= 4 is 17.7 Å². The number of nitrogens with zero attached hydrogens (tertiary/aromatic N) is 2. The number of ketones is 1. The van der Waals surface area contributed by atoms with Gasteiger partial charge in [-0.05, 0) is 13.0 Å². The van der Waals surface area contributed by atoms with Gasteiger partial charge in [0.15, 0.2) is 5.78 Å². The highest BCUT2D eigenvalue weighted by molar-refractivity contribution is 6.00. The van der Waals surface area contributed by atoms with Crippen molar-refractivity contribution in [2.45, 2.75) is 6.92 Å². The van der Waals surface area contributed by atoms with Gasteiger partial charge >= 0.3 is 5.97 Å². The third kappa shape index (κ3) is 5.78. The van der Waals surface area contributed by atoms with Gasteiger partial charge in [0.25, 0.3) is 0 Å². The number of esters is 1. The van der Waals surface area contributed by atoms with E-state index in [1.165, 1.54) is 12.0 Å². The summed E-state index contributed by atoms with van der Waals surface area (Å²) in [6.45, 7) is 1.73. The average Bonchev–Trinajstić information content (AvgIpc) is 2.39. The van der Waals surface area contributed by atoms with Crippen molar-refractivity contribution < 1.29 is 19.1 Å². The Morgan fingerprint density at radius 3 is 2.53 bits per heavy atom. The maximum atomic E-state index is 11.2. The minimum atomic E-state index is -1.17. The normalized spacial score (nSPS) is 11.8. The second-order valence-corrected chi connectivity index (χ2v) is 3.07. The van der Waals surface area contributed by atoms with E-state index in [2.05, 4.69) is 4.74 Å². The Bertz CT molecular complexity index is 540. The quantitative estimate of drug-likeness (QED) is 0.227. The first kappa shape index (κ1) is 16.1. The molecule has 19 heavy (non-hydrogen) atoms. The maximum absolute atomic E-state index is 11.2. The zero-order chi connectivity index (χ0) is 14.7. The van der Waals surface area contributed by atoms with Gasteiger partial charge in [0.1, 0.15) is 23.5 Å². The van der Waals surface area contributed by atoms with Crippen LogP contribution in [0.3, 0.4) is 0 Å². The van der Waals surface area contributed by atoms with Crippen LogP contribution in [0.15, 0.2) is 29.9 Å². The maximum Gasteiger partial charge on any atom is 0.348 e. The van der Waals surface area contributed by atoms with Gasteiger partial charge in [-0.3, -0.25) is 4.79 Å². The standard InChI is InChI=1S/C13H10N2O4/c1-2-19-13(18)11(9-15)5-3-4-10(8-14)12(17)6-7-16/h3-6,10H,2H2,1H3.